The SMILES string of the molecule is Cc1occc1CN(C)c1cc(NN)nc(C2CC2)n1. The Morgan fingerprint density at radius 2 is 2.25 bits per heavy atom. The van der Waals surface area contributed by atoms with Crippen LogP contribution < -0.4 is 16.2 Å². The quantitative estimate of drug-likeness (QED) is 0.642. The number of nitrogens with zero attached hydrogens (tertiary/aromatic N) is 3. The van der Waals surface area contributed by atoms with E-state index in [-0.39, 0.29) is 0 Å². The third-order valence-electron chi connectivity index (χ3n) is 3.59. The number of anilines is 2. The summed E-state index contributed by atoms with van der Waals surface area (Å²) in [5.74, 6) is 9.33. The number of nitrogens with two attached hydrogens (primary N) is 1. The molecule has 2 aromatic rings. The van der Waals surface area contributed by atoms with Gasteiger partial charge in [-0.15, -0.1) is 0 Å². The minimum Gasteiger partial charge on any atom is -0.469 e. The number of hydrogen-bond acceptors (Lipinski definition) is 6. The first-order valence-electron chi connectivity index (χ1n) is 6.77. The van der Waals surface area contributed by atoms with E-state index in [1.807, 2.05) is 26.1 Å². The molecule has 3 N–H and O–H groups in total. The smallest absolute Gasteiger partial charge is 0.145 e. The summed E-state index contributed by atoms with van der Waals surface area (Å²) in [6, 6.07) is 3.85. The molecule has 0 atom stereocenters. The van der Waals surface area contributed by atoms with Crippen LogP contribution in [0.25, 0.3) is 0 Å². The van der Waals surface area contributed by atoms with Crippen LogP contribution in [0.2, 0.25) is 0 Å². The zero-order valence-electron chi connectivity index (χ0n) is 11.8. The highest BCUT2D eigenvalue weighted by atomic mass is 16.3. The van der Waals surface area contributed by atoms with Gasteiger partial charge < -0.3 is 14.7 Å². The lowest BCUT2D eigenvalue weighted by atomic mass is 10.2. The highest BCUT2D eigenvalue weighted by molar-refractivity contribution is 5.49. The molecule has 1 aliphatic rings. The van der Waals surface area contributed by atoms with Crippen molar-refractivity contribution in [2.24, 2.45) is 5.84 Å². The highest BCUT2D eigenvalue weighted by Crippen LogP contribution is 2.39. The lowest BCUT2D eigenvalue weighted by Crippen LogP contribution is -2.20. The topological polar surface area (TPSA) is 80.2 Å². The van der Waals surface area contributed by atoms with Crippen molar-refractivity contribution in [1.82, 2.24) is 9.97 Å². The zero-order chi connectivity index (χ0) is 14.1. The van der Waals surface area contributed by atoms with Crippen molar-refractivity contribution in [1.29, 1.82) is 0 Å². The number of rotatable bonds is 5. The number of hydrogen-bond donors (Lipinski definition) is 2. The minimum atomic E-state index is 0.492. The summed E-state index contributed by atoms with van der Waals surface area (Å²) in [4.78, 5) is 11.1. The van der Waals surface area contributed by atoms with Crippen LogP contribution in [0.5, 0.6) is 0 Å². The summed E-state index contributed by atoms with van der Waals surface area (Å²) >= 11 is 0. The van der Waals surface area contributed by atoms with Crippen LogP contribution in [0, 0.1) is 6.92 Å². The number of hydrazine groups is 1. The van der Waals surface area contributed by atoms with E-state index >= 15 is 0 Å². The van der Waals surface area contributed by atoms with Gasteiger partial charge in [-0.3, -0.25) is 0 Å². The monoisotopic (exact) mass is 273 g/mol. The van der Waals surface area contributed by atoms with Crippen molar-refractivity contribution in [3.05, 3.63) is 35.5 Å². The number of aromatic nitrogens is 2. The fourth-order valence-electron chi connectivity index (χ4n) is 2.16. The Labute approximate surface area is 118 Å². The first-order valence-corrected chi connectivity index (χ1v) is 6.77. The Kier molecular flexibility index (Phi) is 3.31. The minimum absolute atomic E-state index is 0.492. The molecule has 3 rings (SSSR count). The molecule has 0 saturated heterocycles. The molecule has 2 aromatic heterocycles. The molecule has 0 amide bonds. The Bertz CT molecular complexity index is 605. The van der Waals surface area contributed by atoms with Crippen molar-refractivity contribution in [3.8, 4) is 0 Å². The molecule has 1 fully saturated rings. The van der Waals surface area contributed by atoms with Crippen LogP contribution in [-0.2, 0) is 6.54 Å². The average Bonchev–Trinajstić information content (AvgIpc) is 3.24. The first kappa shape index (κ1) is 12.9. The van der Waals surface area contributed by atoms with Crippen LogP contribution in [0.3, 0.4) is 0 Å². The van der Waals surface area contributed by atoms with Crippen molar-refractivity contribution >= 4 is 11.6 Å². The van der Waals surface area contributed by atoms with E-state index in [1.165, 1.54) is 0 Å². The summed E-state index contributed by atoms with van der Waals surface area (Å²) in [6.45, 7) is 2.71. The summed E-state index contributed by atoms with van der Waals surface area (Å²) in [7, 11) is 2.01. The molecule has 2 heterocycles. The second-order valence-corrected chi connectivity index (χ2v) is 5.25. The molecule has 6 nitrogen and oxygen atoms in total. The Balaban J connectivity index is 1.84. The number of nitrogens with one attached hydrogen (secondary N) is 1. The second kappa shape index (κ2) is 5.13. The average molecular weight is 273 g/mol. The lowest BCUT2D eigenvalue weighted by Gasteiger charge is -2.19. The van der Waals surface area contributed by atoms with Gasteiger partial charge in [-0.25, -0.2) is 15.8 Å². The Morgan fingerprint density at radius 3 is 2.85 bits per heavy atom. The molecule has 1 aliphatic carbocycles. The van der Waals surface area contributed by atoms with Crippen molar-refractivity contribution in [3.63, 3.8) is 0 Å². The van der Waals surface area contributed by atoms with Crippen LogP contribution in [0.15, 0.2) is 22.8 Å². The first-order chi connectivity index (χ1) is 9.67. The molecule has 0 radical (unpaired) electrons. The third-order valence-corrected chi connectivity index (χ3v) is 3.59. The van der Waals surface area contributed by atoms with E-state index in [1.54, 1.807) is 6.26 Å². The molecule has 0 unspecified atom stereocenters. The molecular weight excluding hydrogens is 254 g/mol. The predicted molar refractivity (Wildman–Crippen MR) is 77.4 cm³/mol. The normalized spacial score (nSPS) is 14.3. The standard InChI is InChI=1S/C14H19N5O/c1-9-11(5-6-20-9)8-19(2)13-7-12(18-15)16-14(17-13)10-3-4-10/h5-7,10H,3-4,8,15H2,1-2H3,(H,16,17,18). The molecule has 6 heteroatoms. The van der Waals surface area contributed by atoms with Gasteiger partial charge in [0.25, 0.3) is 0 Å². The van der Waals surface area contributed by atoms with Gasteiger partial charge in [-0.2, -0.15) is 0 Å². The van der Waals surface area contributed by atoms with Gasteiger partial charge in [-0.1, -0.05) is 0 Å². The van der Waals surface area contributed by atoms with Crippen molar-refractivity contribution < 1.29 is 4.42 Å². The van der Waals surface area contributed by atoms with Gasteiger partial charge >= 0.3 is 0 Å². The fourth-order valence-corrected chi connectivity index (χ4v) is 2.16. The molecule has 0 bridgehead atoms. The van der Waals surface area contributed by atoms with Crippen molar-refractivity contribution in [2.45, 2.75) is 32.2 Å². The van der Waals surface area contributed by atoms with Gasteiger partial charge in [-0.05, 0) is 25.8 Å². The van der Waals surface area contributed by atoms with E-state index in [2.05, 4.69) is 20.3 Å². The maximum absolute atomic E-state index is 5.49. The molecule has 106 valence electrons. The zero-order valence-corrected chi connectivity index (χ0v) is 11.8. The van der Waals surface area contributed by atoms with Crippen LogP contribution in [0.4, 0.5) is 11.6 Å². The van der Waals surface area contributed by atoms with E-state index < -0.39 is 0 Å². The molecule has 0 aromatic carbocycles. The van der Waals surface area contributed by atoms with Gasteiger partial charge in [0, 0.05) is 31.1 Å². The lowest BCUT2D eigenvalue weighted by molar-refractivity contribution is 0.529. The molecular formula is C14H19N5O. The second-order valence-electron chi connectivity index (χ2n) is 5.25. The summed E-state index contributed by atoms with van der Waals surface area (Å²) in [5.41, 5.74) is 3.77. The van der Waals surface area contributed by atoms with Gasteiger partial charge in [0.1, 0.15) is 23.2 Å². The molecule has 0 spiro atoms. The number of furan rings is 1. The molecule has 1 saturated carbocycles. The number of nitrogen functional groups attached to an aromatic ring is 1. The molecule has 0 aliphatic heterocycles. The van der Waals surface area contributed by atoms with Crippen LogP contribution >= 0.6 is 0 Å². The van der Waals surface area contributed by atoms with E-state index in [9.17, 15) is 0 Å². The predicted octanol–water partition coefficient (Wildman–Crippen LogP) is 2.18. The van der Waals surface area contributed by atoms with Crippen LogP contribution in [-0.4, -0.2) is 17.0 Å². The highest BCUT2D eigenvalue weighted by Gasteiger charge is 2.27. The summed E-state index contributed by atoms with van der Waals surface area (Å²) in [5, 5.41) is 0. The summed E-state index contributed by atoms with van der Waals surface area (Å²) < 4.78 is 5.33. The van der Waals surface area contributed by atoms with E-state index in [0.717, 1.165) is 42.4 Å². The largest absolute Gasteiger partial charge is 0.469 e. The van der Waals surface area contributed by atoms with Crippen molar-refractivity contribution in [2.75, 3.05) is 17.4 Å². The fraction of sp³-hybridized carbons (Fsp3) is 0.429. The molecule has 20 heavy (non-hydrogen) atoms. The summed E-state index contributed by atoms with van der Waals surface area (Å²) in [6.07, 6.45) is 4.04. The Hall–Kier alpha value is -2.08. The van der Waals surface area contributed by atoms with Gasteiger partial charge in [0.15, 0.2) is 0 Å². The Morgan fingerprint density at radius 1 is 1.45 bits per heavy atom. The maximum atomic E-state index is 5.49. The van der Waals surface area contributed by atoms with E-state index in [4.69, 9.17) is 10.3 Å². The van der Waals surface area contributed by atoms with Gasteiger partial charge in [0.2, 0.25) is 0 Å². The van der Waals surface area contributed by atoms with Gasteiger partial charge in [0.05, 0.1) is 6.26 Å². The maximum Gasteiger partial charge on any atom is 0.145 e. The number of aryl methyl sites for hydroxylation is 1. The third kappa shape index (κ3) is 2.60. The van der Waals surface area contributed by atoms with Crippen LogP contribution in [0.1, 0.15) is 35.9 Å². The van der Waals surface area contributed by atoms with E-state index in [0.29, 0.717) is 11.7 Å².